The van der Waals surface area contributed by atoms with E-state index in [0.29, 0.717) is 6.42 Å². The van der Waals surface area contributed by atoms with Gasteiger partial charge in [0.05, 0.1) is 12.8 Å². The third-order valence-electron chi connectivity index (χ3n) is 5.39. The highest BCUT2D eigenvalue weighted by Gasteiger charge is 2.26. The molecule has 0 radical (unpaired) electrons. The molecule has 1 unspecified atom stereocenters. The zero-order chi connectivity index (χ0) is 18.8. The van der Waals surface area contributed by atoms with Crippen LogP contribution in [-0.2, 0) is 4.79 Å². The molecule has 4 rings (SSSR count). The first kappa shape index (κ1) is 17.6. The minimum absolute atomic E-state index is 0.0640. The van der Waals surface area contributed by atoms with Crippen LogP contribution in [0.4, 0.5) is 0 Å². The van der Waals surface area contributed by atoms with Crippen molar-refractivity contribution in [3.63, 3.8) is 0 Å². The van der Waals surface area contributed by atoms with E-state index in [2.05, 4.69) is 34.5 Å². The number of nitrogens with zero attached hydrogens (tertiary/aromatic N) is 3. The van der Waals surface area contributed by atoms with Crippen LogP contribution in [-0.4, -0.2) is 40.4 Å². The summed E-state index contributed by atoms with van der Waals surface area (Å²) in [7, 11) is 1.67. The molecule has 1 aliphatic rings. The van der Waals surface area contributed by atoms with Crippen LogP contribution in [0.15, 0.2) is 48.8 Å². The van der Waals surface area contributed by atoms with Crippen molar-refractivity contribution in [2.24, 2.45) is 0 Å². The van der Waals surface area contributed by atoms with Crippen molar-refractivity contribution in [1.29, 1.82) is 0 Å². The Labute approximate surface area is 159 Å². The molecule has 5 heteroatoms. The second-order valence-corrected chi connectivity index (χ2v) is 7.24. The predicted molar refractivity (Wildman–Crippen MR) is 105 cm³/mol. The monoisotopic (exact) mass is 363 g/mol. The number of hydrogen-bond donors (Lipinski definition) is 0. The van der Waals surface area contributed by atoms with E-state index >= 15 is 0 Å². The lowest BCUT2D eigenvalue weighted by Gasteiger charge is -2.22. The van der Waals surface area contributed by atoms with Gasteiger partial charge in [-0.1, -0.05) is 12.1 Å². The third-order valence-corrected chi connectivity index (χ3v) is 5.39. The lowest BCUT2D eigenvalue weighted by atomic mass is 9.92. The van der Waals surface area contributed by atoms with Crippen LogP contribution in [0.2, 0.25) is 0 Å². The quantitative estimate of drug-likeness (QED) is 0.693. The van der Waals surface area contributed by atoms with E-state index in [4.69, 9.17) is 4.74 Å². The first-order valence-electron chi connectivity index (χ1n) is 9.51. The fourth-order valence-corrected chi connectivity index (χ4v) is 3.88. The van der Waals surface area contributed by atoms with Crippen molar-refractivity contribution < 1.29 is 9.53 Å². The highest BCUT2D eigenvalue weighted by molar-refractivity contribution is 5.78. The predicted octanol–water partition coefficient (Wildman–Crippen LogP) is 3.80. The van der Waals surface area contributed by atoms with Crippen LogP contribution >= 0.6 is 0 Å². The standard InChI is InChI=1S/C22H25N3O2/c1-16-8-11-25-20(15-23-21(25)12-16)19(14-22(26)24-9-3-4-10-24)17-6-5-7-18(13-17)27-2/h5-8,11-13,15,19H,3-4,9-10,14H2,1-2H3. The van der Waals surface area contributed by atoms with Gasteiger partial charge < -0.3 is 14.0 Å². The molecule has 0 bridgehead atoms. The molecule has 0 saturated carbocycles. The highest BCUT2D eigenvalue weighted by atomic mass is 16.5. The summed E-state index contributed by atoms with van der Waals surface area (Å²) < 4.78 is 7.50. The molecule has 1 amide bonds. The minimum Gasteiger partial charge on any atom is -0.497 e. The summed E-state index contributed by atoms with van der Waals surface area (Å²) in [6, 6.07) is 12.1. The van der Waals surface area contributed by atoms with Crippen LogP contribution in [0.1, 0.15) is 42.0 Å². The summed E-state index contributed by atoms with van der Waals surface area (Å²) in [5, 5.41) is 0. The Hall–Kier alpha value is -2.82. The number of rotatable bonds is 5. The summed E-state index contributed by atoms with van der Waals surface area (Å²) in [6.07, 6.45) is 6.58. The van der Waals surface area contributed by atoms with Crippen molar-refractivity contribution in [2.75, 3.05) is 20.2 Å². The van der Waals surface area contributed by atoms with E-state index in [1.165, 1.54) is 5.56 Å². The van der Waals surface area contributed by atoms with Gasteiger partial charge in [-0.05, 0) is 55.2 Å². The van der Waals surface area contributed by atoms with Gasteiger partial charge >= 0.3 is 0 Å². The average Bonchev–Trinajstić information content (AvgIpc) is 3.36. The van der Waals surface area contributed by atoms with Gasteiger partial charge in [-0.15, -0.1) is 0 Å². The van der Waals surface area contributed by atoms with Crippen LogP contribution in [0, 0.1) is 6.92 Å². The molecule has 140 valence electrons. The number of pyridine rings is 1. The Balaban J connectivity index is 1.75. The molecule has 0 spiro atoms. The number of likely N-dealkylation sites (tertiary alicyclic amines) is 1. The molecule has 0 N–H and O–H groups in total. The van der Waals surface area contributed by atoms with Crippen molar-refractivity contribution in [2.45, 2.75) is 32.1 Å². The molecule has 3 aromatic rings. The molecule has 5 nitrogen and oxygen atoms in total. The molecular weight excluding hydrogens is 338 g/mol. The number of imidazole rings is 1. The van der Waals surface area contributed by atoms with Gasteiger partial charge in [0.25, 0.3) is 0 Å². The van der Waals surface area contributed by atoms with E-state index < -0.39 is 0 Å². The number of carbonyl (C=O) groups excluding carboxylic acids is 1. The maximum Gasteiger partial charge on any atom is 0.223 e. The van der Waals surface area contributed by atoms with Gasteiger partial charge in [-0.3, -0.25) is 4.79 Å². The summed E-state index contributed by atoms with van der Waals surface area (Å²) in [5.74, 6) is 0.948. The Kier molecular flexibility index (Phi) is 4.84. The molecule has 1 aliphatic heterocycles. The minimum atomic E-state index is -0.0640. The first-order valence-corrected chi connectivity index (χ1v) is 9.51. The maximum atomic E-state index is 12.9. The topological polar surface area (TPSA) is 46.8 Å². The first-order chi connectivity index (χ1) is 13.2. The number of amides is 1. The van der Waals surface area contributed by atoms with E-state index in [1.807, 2.05) is 35.5 Å². The number of benzene rings is 1. The fourth-order valence-electron chi connectivity index (χ4n) is 3.88. The number of hydrogen-bond acceptors (Lipinski definition) is 3. The van der Waals surface area contributed by atoms with E-state index in [9.17, 15) is 4.79 Å². The molecule has 1 aromatic carbocycles. The second kappa shape index (κ2) is 7.43. The Bertz CT molecular complexity index is 957. The number of fused-ring (bicyclic) bond motifs is 1. The van der Waals surface area contributed by atoms with E-state index in [0.717, 1.165) is 48.6 Å². The summed E-state index contributed by atoms with van der Waals surface area (Å²) in [4.78, 5) is 19.5. The zero-order valence-corrected chi connectivity index (χ0v) is 15.9. The maximum absolute atomic E-state index is 12.9. The van der Waals surface area contributed by atoms with Crippen LogP contribution in [0.25, 0.3) is 5.65 Å². The molecular formula is C22H25N3O2. The Morgan fingerprint density at radius 2 is 2.04 bits per heavy atom. The zero-order valence-electron chi connectivity index (χ0n) is 15.9. The number of methoxy groups -OCH3 is 1. The smallest absolute Gasteiger partial charge is 0.223 e. The molecule has 1 atom stereocenters. The van der Waals surface area contributed by atoms with E-state index in [-0.39, 0.29) is 11.8 Å². The SMILES string of the molecule is COc1cccc(C(CC(=O)N2CCCC2)c2cnc3cc(C)ccn23)c1. The number of carbonyl (C=O) groups is 1. The van der Waals surface area contributed by atoms with Crippen molar-refractivity contribution in [3.8, 4) is 5.75 Å². The molecule has 1 saturated heterocycles. The van der Waals surface area contributed by atoms with Gasteiger partial charge in [0.1, 0.15) is 11.4 Å². The summed E-state index contributed by atoms with van der Waals surface area (Å²) >= 11 is 0. The molecule has 27 heavy (non-hydrogen) atoms. The van der Waals surface area contributed by atoms with Crippen molar-refractivity contribution in [1.82, 2.24) is 14.3 Å². The van der Waals surface area contributed by atoms with Gasteiger partial charge in [0.15, 0.2) is 0 Å². The number of aromatic nitrogens is 2. The number of ether oxygens (including phenoxy) is 1. The summed E-state index contributed by atoms with van der Waals surface area (Å²) in [5.41, 5.74) is 4.19. The molecule has 1 fully saturated rings. The van der Waals surface area contributed by atoms with Crippen molar-refractivity contribution in [3.05, 3.63) is 65.6 Å². The average molecular weight is 363 g/mol. The summed E-state index contributed by atoms with van der Waals surface area (Å²) in [6.45, 7) is 3.80. The Morgan fingerprint density at radius 1 is 1.22 bits per heavy atom. The van der Waals surface area contributed by atoms with Crippen LogP contribution in [0.3, 0.4) is 0 Å². The Morgan fingerprint density at radius 3 is 2.81 bits per heavy atom. The highest BCUT2D eigenvalue weighted by Crippen LogP contribution is 2.32. The molecule has 3 heterocycles. The van der Waals surface area contributed by atoms with Gasteiger partial charge in [0, 0.05) is 37.8 Å². The number of aryl methyl sites for hydroxylation is 1. The van der Waals surface area contributed by atoms with Gasteiger partial charge in [-0.2, -0.15) is 0 Å². The van der Waals surface area contributed by atoms with E-state index in [1.54, 1.807) is 7.11 Å². The fraction of sp³-hybridized carbons (Fsp3) is 0.364. The normalized spacial score (nSPS) is 15.3. The van der Waals surface area contributed by atoms with Gasteiger partial charge in [-0.25, -0.2) is 4.98 Å². The molecule has 2 aromatic heterocycles. The lowest BCUT2D eigenvalue weighted by molar-refractivity contribution is -0.130. The van der Waals surface area contributed by atoms with Gasteiger partial charge in [0.2, 0.25) is 5.91 Å². The lowest BCUT2D eigenvalue weighted by Crippen LogP contribution is -2.29. The molecule has 0 aliphatic carbocycles. The second-order valence-electron chi connectivity index (χ2n) is 7.24. The third kappa shape index (κ3) is 3.54. The van der Waals surface area contributed by atoms with Crippen LogP contribution in [0.5, 0.6) is 5.75 Å². The van der Waals surface area contributed by atoms with Crippen molar-refractivity contribution >= 4 is 11.6 Å². The van der Waals surface area contributed by atoms with Crippen LogP contribution < -0.4 is 4.74 Å². The largest absolute Gasteiger partial charge is 0.497 e.